The molecule has 1 saturated heterocycles. The molecule has 0 radical (unpaired) electrons. The number of imidazole rings is 1. The van der Waals surface area contributed by atoms with Crippen LogP contribution in [0.15, 0.2) is 36.9 Å². The number of piperidine rings is 1. The Morgan fingerprint density at radius 1 is 1.46 bits per heavy atom. The SMILES string of the molecule is Cc1c(Cl)cccc1CNC(=O)N1CCCC(Cn2ccnc2)C1. The summed E-state index contributed by atoms with van der Waals surface area (Å²) in [6.45, 7) is 5.01. The average molecular weight is 347 g/mol. The van der Waals surface area contributed by atoms with Gasteiger partial charge in [0.15, 0.2) is 0 Å². The Bertz CT molecular complexity index is 686. The van der Waals surface area contributed by atoms with Gasteiger partial charge >= 0.3 is 6.03 Å². The first kappa shape index (κ1) is 16.8. The Kier molecular flexibility index (Phi) is 5.41. The molecule has 1 fully saturated rings. The molecule has 2 amide bonds. The highest BCUT2D eigenvalue weighted by molar-refractivity contribution is 6.31. The van der Waals surface area contributed by atoms with E-state index >= 15 is 0 Å². The molecule has 128 valence electrons. The van der Waals surface area contributed by atoms with Gasteiger partial charge in [0, 0.05) is 43.6 Å². The molecule has 1 atom stereocenters. The summed E-state index contributed by atoms with van der Waals surface area (Å²) in [6.07, 6.45) is 7.79. The Morgan fingerprint density at radius 3 is 3.12 bits per heavy atom. The molecule has 3 rings (SSSR count). The van der Waals surface area contributed by atoms with Gasteiger partial charge in [0.25, 0.3) is 0 Å². The van der Waals surface area contributed by atoms with E-state index in [0.717, 1.165) is 48.6 Å². The van der Waals surface area contributed by atoms with Gasteiger partial charge in [-0.05, 0) is 42.9 Å². The normalized spacial score (nSPS) is 17.8. The molecule has 1 N–H and O–H groups in total. The van der Waals surface area contributed by atoms with Gasteiger partial charge in [-0.3, -0.25) is 0 Å². The van der Waals surface area contributed by atoms with Gasteiger partial charge in [0.2, 0.25) is 0 Å². The summed E-state index contributed by atoms with van der Waals surface area (Å²) in [7, 11) is 0. The Hall–Kier alpha value is -2.01. The third-order valence-corrected chi connectivity index (χ3v) is 5.05. The van der Waals surface area contributed by atoms with E-state index in [1.165, 1.54) is 0 Å². The zero-order chi connectivity index (χ0) is 16.9. The van der Waals surface area contributed by atoms with Crippen LogP contribution in [0, 0.1) is 12.8 Å². The Morgan fingerprint density at radius 2 is 2.33 bits per heavy atom. The number of nitrogens with zero attached hydrogens (tertiary/aromatic N) is 3. The van der Waals surface area contributed by atoms with Crippen molar-refractivity contribution in [1.82, 2.24) is 19.8 Å². The molecule has 1 aliphatic rings. The van der Waals surface area contributed by atoms with E-state index in [9.17, 15) is 4.79 Å². The smallest absolute Gasteiger partial charge is 0.317 e. The van der Waals surface area contributed by atoms with E-state index in [0.29, 0.717) is 12.5 Å². The van der Waals surface area contributed by atoms with E-state index in [1.54, 1.807) is 6.20 Å². The average Bonchev–Trinajstić information content (AvgIpc) is 3.09. The lowest BCUT2D eigenvalue weighted by Gasteiger charge is -2.33. The van der Waals surface area contributed by atoms with E-state index in [-0.39, 0.29) is 6.03 Å². The Labute approximate surface area is 147 Å². The molecule has 0 saturated carbocycles. The Balaban J connectivity index is 1.53. The number of hydrogen-bond donors (Lipinski definition) is 1. The van der Waals surface area contributed by atoms with Crippen LogP contribution in [0.3, 0.4) is 0 Å². The van der Waals surface area contributed by atoms with Gasteiger partial charge in [0.05, 0.1) is 6.33 Å². The van der Waals surface area contributed by atoms with Crippen LogP contribution in [-0.4, -0.2) is 33.6 Å². The molecule has 0 aliphatic carbocycles. The van der Waals surface area contributed by atoms with Crippen molar-refractivity contribution in [3.63, 3.8) is 0 Å². The lowest BCUT2D eigenvalue weighted by atomic mass is 9.98. The fraction of sp³-hybridized carbons (Fsp3) is 0.444. The van der Waals surface area contributed by atoms with E-state index < -0.39 is 0 Å². The van der Waals surface area contributed by atoms with Crippen LogP contribution in [0.4, 0.5) is 4.79 Å². The van der Waals surface area contributed by atoms with Crippen molar-refractivity contribution in [3.8, 4) is 0 Å². The number of likely N-dealkylation sites (tertiary alicyclic amines) is 1. The molecule has 2 aromatic rings. The molecular weight excluding hydrogens is 324 g/mol. The summed E-state index contributed by atoms with van der Waals surface area (Å²) in [5, 5.41) is 3.76. The van der Waals surface area contributed by atoms with Gasteiger partial charge in [-0.15, -0.1) is 0 Å². The zero-order valence-corrected chi connectivity index (χ0v) is 14.7. The maximum absolute atomic E-state index is 12.5. The second-order valence-corrected chi connectivity index (χ2v) is 6.80. The highest BCUT2D eigenvalue weighted by Gasteiger charge is 2.23. The number of aromatic nitrogens is 2. The monoisotopic (exact) mass is 346 g/mol. The summed E-state index contributed by atoms with van der Waals surface area (Å²) in [5.74, 6) is 0.478. The minimum atomic E-state index is 0.00436. The van der Waals surface area contributed by atoms with Crippen LogP contribution in [0.25, 0.3) is 0 Å². The fourth-order valence-electron chi connectivity index (χ4n) is 3.22. The topological polar surface area (TPSA) is 50.2 Å². The molecular formula is C18H23ClN4O. The minimum absolute atomic E-state index is 0.00436. The second-order valence-electron chi connectivity index (χ2n) is 6.40. The molecule has 1 aromatic heterocycles. The zero-order valence-electron chi connectivity index (χ0n) is 13.9. The highest BCUT2D eigenvalue weighted by atomic mass is 35.5. The van der Waals surface area contributed by atoms with E-state index in [4.69, 9.17) is 11.6 Å². The molecule has 24 heavy (non-hydrogen) atoms. The summed E-state index contributed by atoms with van der Waals surface area (Å²) < 4.78 is 2.08. The maximum Gasteiger partial charge on any atom is 0.317 e. The van der Waals surface area contributed by atoms with E-state index in [1.807, 2.05) is 42.5 Å². The van der Waals surface area contributed by atoms with Crippen molar-refractivity contribution < 1.29 is 4.79 Å². The summed E-state index contributed by atoms with van der Waals surface area (Å²) in [5.41, 5.74) is 2.08. The van der Waals surface area contributed by atoms with E-state index in [2.05, 4.69) is 14.9 Å². The van der Waals surface area contributed by atoms with Gasteiger partial charge in [-0.25, -0.2) is 9.78 Å². The molecule has 1 aromatic carbocycles. The molecule has 6 heteroatoms. The predicted molar refractivity (Wildman–Crippen MR) is 94.9 cm³/mol. The lowest BCUT2D eigenvalue weighted by molar-refractivity contribution is 0.159. The largest absolute Gasteiger partial charge is 0.337 e. The fourth-order valence-corrected chi connectivity index (χ4v) is 3.41. The maximum atomic E-state index is 12.5. The van der Waals surface area contributed by atoms with Gasteiger partial charge < -0.3 is 14.8 Å². The van der Waals surface area contributed by atoms with Gasteiger partial charge in [0.1, 0.15) is 0 Å². The van der Waals surface area contributed by atoms with Crippen molar-refractivity contribution >= 4 is 17.6 Å². The van der Waals surface area contributed by atoms with Crippen molar-refractivity contribution in [2.45, 2.75) is 32.9 Å². The predicted octanol–water partition coefficient (Wildman–Crippen LogP) is 3.47. The number of halogens is 1. The third-order valence-electron chi connectivity index (χ3n) is 4.64. The number of urea groups is 1. The number of carbonyl (C=O) groups is 1. The molecule has 1 unspecified atom stereocenters. The first-order valence-electron chi connectivity index (χ1n) is 8.36. The van der Waals surface area contributed by atoms with Crippen LogP contribution in [0.5, 0.6) is 0 Å². The summed E-state index contributed by atoms with van der Waals surface area (Å²) >= 11 is 6.13. The molecule has 5 nitrogen and oxygen atoms in total. The molecule has 0 bridgehead atoms. The lowest BCUT2D eigenvalue weighted by Crippen LogP contribution is -2.46. The van der Waals surface area contributed by atoms with Crippen LogP contribution in [0.1, 0.15) is 24.0 Å². The molecule has 2 heterocycles. The van der Waals surface area contributed by atoms with Crippen molar-refractivity contribution in [2.24, 2.45) is 5.92 Å². The van der Waals surface area contributed by atoms with Gasteiger partial charge in [-0.1, -0.05) is 23.7 Å². The third kappa shape index (κ3) is 4.09. The number of amides is 2. The number of rotatable bonds is 4. The molecule has 1 aliphatic heterocycles. The van der Waals surface area contributed by atoms with Crippen LogP contribution in [0.2, 0.25) is 5.02 Å². The van der Waals surface area contributed by atoms with Crippen molar-refractivity contribution in [2.75, 3.05) is 13.1 Å². The van der Waals surface area contributed by atoms with Crippen molar-refractivity contribution in [3.05, 3.63) is 53.1 Å². The quantitative estimate of drug-likeness (QED) is 0.921. The first-order chi connectivity index (χ1) is 11.6. The number of benzene rings is 1. The first-order valence-corrected chi connectivity index (χ1v) is 8.74. The van der Waals surface area contributed by atoms with Crippen molar-refractivity contribution in [1.29, 1.82) is 0 Å². The van der Waals surface area contributed by atoms with Crippen LogP contribution in [-0.2, 0) is 13.1 Å². The highest BCUT2D eigenvalue weighted by Crippen LogP contribution is 2.20. The number of nitrogens with one attached hydrogen (secondary N) is 1. The van der Waals surface area contributed by atoms with Gasteiger partial charge in [-0.2, -0.15) is 0 Å². The van der Waals surface area contributed by atoms with Crippen LogP contribution >= 0.6 is 11.6 Å². The molecule has 0 spiro atoms. The second kappa shape index (κ2) is 7.71. The summed E-state index contributed by atoms with van der Waals surface area (Å²) in [4.78, 5) is 18.5. The summed E-state index contributed by atoms with van der Waals surface area (Å²) in [6, 6.07) is 5.79. The number of hydrogen-bond acceptors (Lipinski definition) is 2. The number of carbonyl (C=O) groups excluding carboxylic acids is 1. The van der Waals surface area contributed by atoms with Crippen LogP contribution < -0.4 is 5.32 Å². The minimum Gasteiger partial charge on any atom is -0.337 e. The standard InChI is InChI=1S/C18H23ClN4O/c1-14-16(5-2-6-17(14)19)10-21-18(24)23-8-3-4-15(12-23)11-22-9-7-20-13-22/h2,5-7,9,13,15H,3-4,8,10-12H2,1H3,(H,21,24).